The molecule has 7 nitrogen and oxygen atoms in total. The molecule has 0 aliphatic carbocycles. The zero-order valence-electron chi connectivity index (χ0n) is 9.60. The van der Waals surface area contributed by atoms with Gasteiger partial charge in [0, 0.05) is 13.1 Å². The van der Waals surface area contributed by atoms with Crippen LogP contribution in [0.15, 0.2) is 0 Å². The Hall–Kier alpha value is -1.92. The van der Waals surface area contributed by atoms with Crippen molar-refractivity contribution in [1.82, 2.24) is 15.1 Å². The first-order valence-electron chi connectivity index (χ1n) is 5.66. The fourth-order valence-corrected chi connectivity index (χ4v) is 1.81. The number of H-pyrrole nitrogens is 1. The summed E-state index contributed by atoms with van der Waals surface area (Å²) < 4.78 is 0. The van der Waals surface area contributed by atoms with Gasteiger partial charge in [0.25, 0.3) is 5.91 Å². The van der Waals surface area contributed by atoms with Gasteiger partial charge in [0.05, 0.1) is 4.92 Å². The normalized spacial score (nSPS) is 14.5. The summed E-state index contributed by atoms with van der Waals surface area (Å²) in [7, 11) is 0. The highest BCUT2D eigenvalue weighted by atomic mass is 16.6. The predicted molar refractivity (Wildman–Crippen MR) is 59.8 cm³/mol. The van der Waals surface area contributed by atoms with Crippen molar-refractivity contribution in [3.63, 3.8) is 0 Å². The fraction of sp³-hybridized carbons (Fsp3) is 0.600. The third kappa shape index (κ3) is 2.00. The third-order valence-corrected chi connectivity index (χ3v) is 2.84. The van der Waals surface area contributed by atoms with Gasteiger partial charge in [-0.3, -0.25) is 20.0 Å². The topological polar surface area (TPSA) is 92.1 Å². The first-order valence-corrected chi connectivity index (χ1v) is 5.66. The highest BCUT2D eigenvalue weighted by Crippen LogP contribution is 2.25. The Morgan fingerprint density at radius 3 is 2.76 bits per heavy atom. The molecule has 92 valence electrons. The van der Waals surface area contributed by atoms with Gasteiger partial charge >= 0.3 is 5.69 Å². The molecule has 0 unspecified atom stereocenters. The lowest BCUT2D eigenvalue weighted by atomic mass is 10.1. The van der Waals surface area contributed by atoms with Gasteiger partial charge in [-0.2, -0.15) is 5.10 Å². The van der Waals surface area contributed by atoms with Gasteiger partial charge in [-0.15, -0.1) is 0 Å². The van der Waals surface area contributed by atoms with E-state index in [1.54, 1.807) is 4.90 Å². The molecular weight excluding hydrogens is 224 g/mol. The maximum Gasteiger partial charge on any atom is 0.322 e. The second-order valence-corrected chi connectivity index (χ2v) is 4.05. The number of aryl methyl sites for hydroxylation is 1. The minimum absolute atomic E-state index is 0.0573. The molecule has 0 spiro atoms. The van der Waals surface area contributed by atoms with E-state index in [4.69, 9.17) is 0 Å². The summed E-state index contributed by atoms with van der Waals surface area (Å²) in [6.45, 7) is 3.24. The largest absolute Gasteiger partial charge is 0.337 e. The zero-order valence-corrected chi connectivity index (χ0v) is 9.60. The minimum Gasteiger partial charge on any atom is -0.337 e. The average Bonchev–Trinajstić information content (AvgIpc) is 2.59. The molecule has 1 amide bonds. The van der Waals surface area contributed by atoms with Crippen LogP contribution in [-0.2, 0) is 6.42 Å². The van der Waals surface area contributed by atoms with Crippen LogP contribution in [0.2, 0.25) is 0 Å². The molecule has 1 aliphatic heterocycles. The second-order valence-electron chi connectivity index (χ2n) is 4.05. The highest BCUT2D eigenvalue weighted by molar-refractivity contribution is 5.97. The van der Waals surface area contributed by atoms with E-state index in [-0.39, 0.29) is 17.3 Å². The molecule has 1 aromatic heterocycles. The predicted octanol–water partition coefficient (Wildman–Crippen LogP) is 1.12. The number of amides is 1. The number of aromatic nitrogens is 2. The Balaban J connectivity index is 2.32. The van der Waals surface area contributed by atoms with Crippen molar-refractivity contribution < 1.29 is 9.72 Å². The molecule has 1 aromatic rings. The minimum atomic E-state index is -0.526. The molecule has 1 N–H and O–H groups in total. The van der Waals surface area contributed by atoms with Crippen LogP contribution in [-0.4, -0.2) is 39.0 Å². The number of nitro groups is 1. The van der Waals surface area contributed by atoms with Crippen molar-refractivity contribution in [2.24, 2.45) is 0 Å². The standard InChI is InChI=1S/C10H14N4O3/c1-2-4-7-9(14(16)17)8(12-11-7)10(15)13-5-3-6-13/h2-6H2,1H3,(H,11,12). The molecule has 0 radical (unpaired) electrons. The Kier molecular flexibility index (Phi) is 3.08. The Labute approximate surface area is 98.0 Å². The number of nitrogens with one attached hydrogen (secondary N) is 1. The molecular formula is C10H14N4O3. The SMILES string of the molecule is CCCc1[nH]nc(C(=O)N2CCC2)c1[N+](=O)[O-]. The average molecular weight is 238 g/mol. The quantitative estimate of drug-likeness (QED) is 0.628. The van der Waals surface area contributed by atoms with Crippen molar-refractivity contribution in [3.05, 3.63) is 21.5 Å². The molecule has 0 aromatic carbocycles. The molecule has 1 aliphatic rings. The maximum atomic E-state index is 11.9. The van der Waals surface area contributed by atoms with Crippen LogP contribution in [0.1, 0.15) is 35.9 Å². The second kappa shape index (κ2) is 4.52. The Morgan fingerprint density at radius 2 is 2.29 bits per heavy atom. The highest BCUT2D eigenvalue weighted by Gasteiger charge is 2.33. The summed E-state index contributed by atoms with van der Waals surface area (Å²) >= 11 is 0. The molecule has 0 saturated carbocycles. The van der Waals surface area contributed by atoms with E-state index in [9.17, 15) is 14.9 Å². The molecule has 2 rings (SSSR count). The van der Waals surface area contributed by atoms with E-state index >= 15 is 0 Å². The van der Waals surface area contributed by atoms with Crippen LogP contribution in [0.4, 0.5) is 5.69 Å². The van der Waals surface area contributed by atoms with Gasteiger partial charge in [-0.1, -0.05) is 13.3 Å². The number of carbonyl (C=O) groups excluding carboxylic acids is 1. The molecule has 7 heteroatoms. The lowest BCUT2D eigenvalue weighted by molar-refractivity contribution is -0.385. The van der Waals surface area contributed by atoms with Crippen LogP contribution in [0.3, 0.4) is 0 Å². The molecule has 0 atom stereocenters. The van der Waals surface area contributed by atoms with E-state index in [0.29, 0.717) is 25.2 Å². The number of nitrogens with zero attached hydrogens (tertiary/aromatic N) is 3. The van der Waals surface area contributed by atoms with Crippen LogP contribution in [0.25, 0.3) is 0 Å². The van der Waals surface area contributed by atoms with Crippen molar-refractivity contribution in [1.29, 1.82) is 0 Å². The number of carbonyl (C=O) groups is 1. The maximum absolute atomic E-state index is 11.9. The summed E-state index contributed by atoms with van der Waals surface area (Å²) in [5.41, 5.74) is 0.211. The van der Waals surface area contributed by atoms with E-state index in [0.717, 1.165) is 12.8 Å². The molecule has 2 heterocycles. The monoisotopic (exact) mass is 238 g/mol. The number of hydrogen-bond donors (Lipinski definition) is 1. The molecule has 17 heavy (non-hydrogen) atoms. The molecule has 1 saturated heterocycles. The van der Waals surface area contributed by atoms with Crippen molar-refractivity contribution in [2.45, 2.75) is 26.2 Å². The van der Waals surface area contributed by atoms with E-state index in [1.807, 2.05) is 6.92 Å². The van der Waals surface area contributed by atoms with Gasteiger partial charge in [-0.25, -0.2) is 0 Å². The number of likely N-dealkylation sites (tertiary alicyclic amines) is 1. The number of aromatic amines is 1. The van der Waals surface area contributed by atoms with Crippen molar-refractivity contribution in [3.8, 4) is 0 Å². The van der Waals surface area contributed by atoms with E-state index < -0.39 is 4.92 Å². The van der Waals surface area contributed by atoms with Gasteiger partial charge in [0.1, 0.15) is 5.69 Å². The third-order valence-electron chi connectivity index (χ3n) is 2.84. The first kappa shape index (κ1) is 11.6. The zero-order chi connectivity index (χ0) is 12.4. The Morgan fingerprint density at radius 1 is 1.59 bits per heavy atom. The Bertz CT molecular complexity index is 450. The van der Waals surface area contributed by atoms with Crippen molar-refractivity contribution >= 4 is 11.6 Å². The first-order chi connectivity index (χ1) is 8.15. The smallest absolute Gasteiger partial charge is 0.322 e. The van der Waals surface area contributed by atoms with Crippen LogP contribution < -0.4 is 0 Å². The summed E-state index contributed by atoms with van der Waals surface area (Å²) in [5.74, 6) is -0.346. The van der Waals surface area contributed by atoms with Gasteiger partial charge < -0.3 is 4.90 Å². The molecule has 0 bridgehead atoms. The lowest BCUT2D eigenvalue weighted by Gasteiger charge is -2.29. The number of rotatable bonds is 4. The lowest BCUT2D eigenvalue weighted by Crippen LogP contribution is -2.42. The van der Waals surface area contributed by atoms with Gasteiger partial charge in [-0.05, 0) is 12.8 Å². The molecule has 1 fully saturated rings. The van der Waals surface area contributed by atoms with E-state index in [1.165, 1.54) is 0 Å². The summed E-state index contributed by atoms with van der Waals surface area (Å²) in [4.78, 5) is 23.9. The van der Waals surface area contributed by atoms with Crippen molar-refractivity contribution in [2.75, 3.05) is 13.1 Å². The van der Waals surface area contributed by atoms with Crippen LogP contribution in [0, 0.1) is 10.1 Å². The summed E-state index contributed by atoms with van der Waals surface area (Å²) in [6.07, 6.45) is 2.24. The van der Waals surface area contributed by atoms with E-state index in [2.05, 4.69) is 10.2 Å². The van der Waals surface area contributed by atoms with Crippen LogP contribution >= 0.6 is 0 Å². The summed E-state index contributed by atoms with van der Waals surface area (Å²) in [5, 5.41) is 17.4. The summed E-state index contributed by atoms with van der Waals surface area (Å²) in [6, 6.07) is 0. The van der Waals surface area contributed by atoms with Gasteiger partial charge in [0.15, 0.2) is 0 Å². The van der Waals surface area contributed by atoms with Crippen LogP contribution in [0.5, 0.6) is 0 Å². The fourth-order valence-electron chi connectivity index (χ4n) is 1.81. The number of hydrogen-bond acceptors (Lipinski definition) is 4. The van der Waals surface area contributed by atoms with Gasteiger partial charge in [0.2, 0.25) is 5.69 Å².